The van der Waals surface area contributed by atoms with E-state index in [2.05, 4.69) is 37.5 Å². The van der Waals surface area contributed by atoms with Crippen molar-refractivity contribution in [3.8, 4) is 11.5 Å². The Kier molecular flexibility index (Phi) is 13.8. The fraction of sp³-hybridized carbons (Fsp3) is 0.500. The molecule has 1 saturated heterocycles. The van der Waals surface area contributed by atoms with Crippen LogP contribution in [0, 0.1) is 17.0 Å². The number of likely N-dealkylation sites (N-methyl/N-ethyl adjacent to an activating group) is 1. The second-order valence-electron chi connectivity index (χ2n) is 8.50. The number of nitrogens with one attached hydrogen (secondary N) is 3. The molecular weight excluding hydrogens is 496 g/mol. The molecule has 1 aromatic rings. The molecule has 1 aliphatic rings. The van der Waals surface area contributed by atoms with Crippen LogP contribution in [-0.2, 0) is 11.3 Å². The van der Waals surface area contributed by atoms with E-state index < -0.39 is 18.2 Å². The Morgan fingerprint density at radius 1 is 1.13 bits per heavy atom. The van der Waals surface area contributed by atoms with Gasteiger partial charge in [0.25, 0.3) is 0 Å². The molecule has 3 N–H and O–H groups in total. The molecule has 0 atom stereocenters. The lowest BCUT2D eigenvalue weighted by atomic mass is 10.1. The van der Waals surface area contributed by atoms with E-state index in [-0.39, 0.29) is 22.8 Å². The second kappa shape index (κ2) is 17.1. The van der Waals surface area contributed by atoms with Gasteiger partial charge in [0, 0.05) is 57.9 Å². The highest BCUT2D eigenvalue weighted by atomic mass is 19.1. The standard InChI is InChI=1S/C26H39F2N7O3/c1-30-17-21(38-19-22-25(27)23(36-3)14-24(37-4)26(22)28)18-31-6-7-33-20(15-29)16-32-8-11-35-10-5-9-34(2)12-13-35/h6,14-18,29,32-33H,5,7-13,19H2,1-4H3/b20-16+,21-18+,29-15?,30-17-,31-6+. The fourth-order valence-corrected chi connectivity index (χ4v) is 3.67. The van der Waals surface area contributed by atoms with Crippen LogP contribution in [0.1, 0.15) is 12.0 Å². The van der Waals surface area contributed by atoms with Gasteiger partial charge in [0.05, 0.1) is 44.4 Å². The van der Waals surface area contributed by atoms with Crippen molar-refractivity contribution in [2.75, 3.05) is 74.1 Å². The molecule has 0 amide bonds. The van der Waals surface area contributed by atoms with Gasteiger partial charge in [0.15, 0.2) is 28.9 Å². The number of nitrogens with zero attached hydrogens (tertiary/aromatic N) is 4. The minimum atomic E-state index is -0.870. The molecule has 0 unspecified atom stereocenters. The topological polar surface area (TPSA) is 107 Å². The van der Waals surface area contributed by atoms with Crippen molar-refractivity contribution >= 4 is 18.6 Å². The SMILES string of the molecule is C\N=C/C(=C\N=C\CN/C(C=N)=C/NCCN1CCCN(C)CC1)OCc1c(F)c(OC)cc(OC)c1F. The molecule has 1 aliphatic heterocycles. The molecule has 1 aromatic carbocycles. The number of methoxy groups -OCH3 is 2. The fourth-order valence-electron chi connectivity index (χ4n) is 3.67. The third-order valence-electron chi connectivity index (χ3n) is 5.81. The summed E-state index contributed by atoms with van der Waals surface area (Å²) < 4.78 is 44.5. The summed E-state index contributed by atoms with van der Waals surface area (Å²) in [5, 5.41) is 13.9. The summed E-state index contributed by atoms with van der Waals surface area (Å²) in [7, 11) is 6.25. The van der Waals surface area contributed by atoms with Gasteiger partial charge in [0.1, 0.15) is 6.61 Å². The average molecular weight is 536 g/mol. The van der Waals surface area contributed by atoms with Crippen LogP contribution in [0.5, 0.6) is 11.5 Å². The second-order valence-corrected chi connectivity index (χ2v) is 8.50. The Bertz CT molecular complexity index is 987. The smallest absolute Gasteiger partial charge is 0.174 e. The number of hydrogen-bond donors (Lipinski definition) is 3. The largest absolute Gasteiger partial charge is 0.494 e. The summed E-state index contributed by atoms with van der Waals surface area (Å²) >= 11 is 0. The summed E-state index contributed by atoms with van der Waals surface area (Å²) in [5.74, 6) is -1.84. The van der Waals surface area contributed by atoms with E-state index in [1.165, 1.54) is 46.3 Å². The summed E-state index contributed by atoms with van der Waals surface area (Å²) in [4.78, 5) is 12.8. The molecule has 1 heterocycles. The van der Waals surface area contributed by atoms with Gasteiger partial charge >= 0.3 is 0 Å². The van der Waals surface area contributed by atoms with Crippen LogP contribution in [0.3, 0.4) is 0 Å². The Hall–Kier alpha value is -3.51. The molecular formula is C26H39F2N7O3. The summed E-state index contributed by atoms with van der Waals surface area (Å²) in [5.41, 5.74) is 0.277. The predicted octanol–water partition coefficient (Wildman–Crippen LogP) is 2.42. The molecule has 0 saturated carbocycles. The number of ether oxygens (including phenoxy) is 3. The lowest BCUT2D eigenvalue weighted by Crippen LogP contribution is -2.34. The molecule has 10 nitrogen and oxygen atoms in total. The molecule has 0 bridgehead atoms. The Morgan fingerprint density at radius 2 is 1.87 bits per heavy atom. The van der Waals surface area contributed by atoms with Crippen LogP contribution in [0.4, 0.5) is 8.78 Å². The number of rotatable bonds is 15. The lowest BCUT2D eigenvalue weighted by molar-refractivity contribution is 0.207. The van der Waals surface area contributed by atoms with Gasteiger partial charge in [-0.3, -0.25) is 9.98 Å². The third-order valence-corrected chi connectivity index (χ3v) is 5.81. The first-order valence-electron chi connectivity index (χ1n) is 12.4. The van der Waals surface area contributed by atoms with E-state index in [1.54, 1.807) is 12.4 Å². The zero-order valence-electron chi connectivity index (χ0n) is 22.6. The van der Waals surface area contributed by atoms with E-state index in [0.29, 0.717) is 12.2 Å². The molecule has 0 spiro atoms. The van der Waals surface area contributed by atoms with E-state index in [9.17, 15) is 8.78 Å². The van der Waals surface area contributed by atoms with Gasteiger partial charge in [-0.25, -0.2) is 8.78 Å². The number of aliphatic imine (C=N–C) groups is 2. The van der Waals surface area contributed by atoms with E-state index in [1.807, 2.05) is 0 Å². The van der Waals surface area contributed by atoms with Crippen LogP contribution >= 0.6 is 0 Å². The maximum Gasteiger partial charge on any atom is 0.174 e. The molecule has 210 valence electrons. The average Bonchev–Trinajstić information content (AvgIpc) is 3.13. The maximum atomic E-state index is 14.6. The number of allylic oxidation sites excluding steroid dienone is 2. The van der Waals surface area contributed by atoms with Gasteiger partial charge < -0.3 is 40.1 Å². The minimum Gasteiger partial charge on any atom is -0.494 e. The van der Waals surface area contributed by atoms with Gasteiger partial charge in [-0.05, 0) is 26.6 Å². The van der Waals surface area contributed by atoms with Crippen LogP contribution < -0.4 is 20.1 Å². The van der Waals surface area contributed by atoms with Crippen LogP contribution in [0.25, 0.3) is 0 Å². The predicted molar refractivity (Wildman–Crippen MR) is 147 cm³/mol. The summed E-state index contributed by atoms with van der Waals surface area (Å²) in [6, 6.07) is 1.14. The van der Waals surface area contributed by atoms with Crippen molar-refractivity contribution < 1.29 is 23.0 Å². The molecule has 1 fully saturated rings. The third kappa shape index (κ3) is 10.1. The van der Waals surface area contributed by atoms with Gasteiger partial charge in [0.2, 0.25) is 0 Å². The first-order valence-corrected chi connectivity index (χ1v) is 12.4. The molecule has 0 radical (unpaired) electrons. The highest BCUT2D eigenvalue weighted by molar-refractivity contribution is 5.77. The van der Waals surface area contributed by atoms with Gasteiger partial charge in [-0.1, -0.05) is 0 Å². The Labute approximate surface area is 223 Å². The number of halogens is 2. The number of benzene rings is 1. The monoisotopic (exact) mass is 535 g/mol. The van der Waals surface area contributed by atoms with Crippen molar-refractivity contribution in [1.29, 1.82) is 5.41 Å². The zero-order chi connectivity index (χ0) is 27.8. The van der Waals surface area contributed by atoms with Gasteiger partial charge in [-0.2, -0.15) is 0 Å². The lowest BCUT2D eigenvalue weighted by Gasteiger charge is -2.19. The van der Waals surface area contributed by atoms with Crippen molar-refractivity contribution in [2.24, 2.45) is 9.98 Å². The molecule has 2 rings (SSSR count). The van der Waals surface area contributed by atoms with E-state index >= 15 is 0 Å². The van der Waals surface area contributed by atoms with Crippen molar-refractivity contribution in [3.05, 3.63) is 47.1 Å². The van der Waals surface area contributed by atoms with E-state index in [0.717, 1.165) is 45.3 Å². The maximum absolute atomic E-state index is 14.6. The van der Waals surface area contributed by atoms with Crippen molar-refractivity contribution in [3.63, 3.8) is 0 Å². The normalized spacial score (nSPS) is 16.1. The number of hydrogen-bond acceptors (Lipinski definition) is 10. The summed E-state index contributed by atoms with van der Waals surface area (Å²) in [6.07, 6.45) is 8.51. The van der Waals surface area contributed by atoms with E-state index in [4.69, 9.17) is 19.6 Å². The van der Waals surface area contributed by atoms with Crippen LogP contribution in [0.2, 0.25) is 0 Å². The molecule has 12 heteroatoms. The Balaban J connectivity index is 1.86. The summed E-state index contributed by atoms with van der Waals surface area (Å²) in [6.45, 7) is 6.04. The highest BCUT2D eigenvalue weighted by Gasteiger charge is 2.20. The molecule has 38 heavy (non-hydrogen) atoms. The van der Waals surface area contributed by atoms with Crippen LogP contribution in [-0.4, -0.2) is 103 Å². The first-order chi connectivity index (χ1) is 18.4. The highest BCUT2D eigenvalue weighted by Crippen LogP contribution is 2.31. The molecule has 0 aromatic heterocycles. The minimum absolute atomic E-state index is 0.153. The Morgan fingerprint density at radius 3 is 2.53 bits per heavy atom. The van der Waals surface area contributed by atoms with Gasteiger partial charge in [-0.15, -0.1) is 0 Å². The van der Waals surface area contributed by atoms with Crippen molar-refractivity contribution in [1.82, 2.24) is 20.4 Å². The quantitative estimate of drug-likeness (QED) is 0.180. The molecule has 0 aliphatic carbocycles. The van der Waals surface area contributed by atoms with Crippen molar-refractivity contribution in [2.45, 2.75) is 13.0 Å². The first kappa shape index (κ1) is 30.7. The zero-order valence-corrected chi connectivity index (χ0v) is 22.6. The van der Waals surface area contributed by atoms with Crippen LogP contribution in [0.15, 0.2) is 39.9 Å².